The zero-order valence-corrected chi connectivity index (χ0v) is 11.1. The molecule has 2 rings (SSSR count). The van der Waals surface area contributed by atoms with Gasteiger partial charge in [0, 0.05) is 6.54 Å². The molecule has 0 aromatic heterocycles. The summed E-state index contributed by atoms with van der Waals surface area (Å²) in [5.41, 5.74) is 0. The van der Waals surface area contributed by atoms with E-state index in [4.69, 9.17) is 9.47 Å². The van der Waals surface area contributed by atoms with Crippen LogP contribution >= 0.6 is 0 Å². The van der Waals surface area contributed by atoms with Gasteiger partial charge in [-0.15, -0.1) is 0 Å². The summed E-state index contributed by atoms with van der Waals surface area (Å²) in [7, 11) is 0. The molecule has 1 N–H and O–H groups in total. The predicted octanol–water partition coefficient (Wildman–Crippen LogP) is 2.49. The quantitative estimate of drug-likeness (QED) is 0.775. The van der Waals surface area contributed by atoms with Crippen LogP contribution in [0.1, 0.15) is 51.9 Å². The van der Waals surface area contributed by atoms with E-state index in [2.05, 4.69) is 12.2 Å². The van der Waals surface area contributed by atoms with Crippen LogP contribution in [0, 0.1) is 0 Å². The lowest BCUT2D eigenvalue weighted by molar-refractivity contribution is -0.0497. The van der Waals surface area contributed by atoms with Crippen LogP contribution in [0.5, 0.6) is 0 Å². The monoisotopic (exact) mass is 241 g/mol. The van der Waals surface area contributed by atoms with Crippen LogP contribution in [-0.2, 0) is 9.47 Å². The molecule has 0 amide bonds. The first-order valence-electron chi connectivity index (χ1n) is 7.36. The molecule has 1 aliphatic heterocycles. The van der Waals surface area contributed by atoms with Gasteiger partial charge in [-0.05, 0) is 32.2 Å². The lowest BCUT2D eigenvalue weighted by Crippen LogP contribution is -2.28. The van der Waals surface area contributed by atoms with Crippen LogP contribution in [0.25, 0.3) is 0 Å². The average Bonchev–Trinajstić information content (AvgIpc) is 2.83. The van der Waals surface area contributed by atoms with Crippen LogP contribution in [0.4, 0.5) is 0 Å². The average molecular weight is 241 g/mol. The number of hydrogen-bond donors (Lipinski definition) is 1. The van der Waals surface area contributed by atoms with E-state index in [1.54, 1.807) is 0 Å². The SMILES string of the molecule is CCNCC1CCC(COC2CCCCC2)O1. The standard InChI is InChI=1S/C14H27NO2/c1-2-15-10-13-8-9-14(17-13)11-16-12-6-4-3-5-7-12/h12-15H,2-11H2,1H3. The second kappa shape index (κ2) is 7.34. The van der Waals surface area contributed by atoms with Crippen molar-refractivity contribution in [2.45, 2.75) is 70.2 Å². The van der Waals surface area contributed by atoms with E-state index in [-0.39, 0.29) is 0 Å². The predicted molar refractivity (Wildman–Crippen MR) is 69.3 cm³/mol. The van der Waals surface area contributed by atoms with Gasteiger partial charge in [-0.25, -0.2) is 0 Å². The Morgan fingerprint density at radius 3 is 2.59 bits per heavy atom. The van der Waals surface area contributed by atoms with Crippen molar-refractivity contribution in [1.29, 1.82) is 0 Å². The zero-order valence-electron chi connectivity index (χ0n) is 11.1. The lowest BCUT2D eigenvalue weighted by atomic mass is 9.98. The molecule has 3 heteroatoms. The summed E-state index contributed by atoms with van der Waals surface area (Å²) in [5, 5.41) is 3.35. The van der Waals surface area contributed by atoms with Crippen molar-refractivity contribution in [2.75, 3.05) is 19.7 Å². The summed E-state index contributed by atoms with van der Waals surface area (Å²) in [5.74, 6) is 0. The molecule has 17 heavy (non-hydrogen) atoms. The minimum atomic E-state index is 0.348. The number of hydrogen-bond acceptors (Lipinski definition) is 3. The molecule has 1 saturated heterocycles. The molecule has 1 saturated carbocycles. The first kappa shape index (κ1) is 13.3. The molecule has 0 radical (unpaired) electrons. The van der Waals surface area contributed by atoms with Crippen molar-refractivity contribution in [2.24, 2.45) is 0 Å². The van der Waals surface area contributed by atoms with Crippen LogP contribution in [0.15, 0.2) is 0 Å². The Morgan fingerprint density at radius 2 is 1.82 bits per heavy atom. The lowest BCUT2D eigenvalue weighted by Gasteiger charge is -2.23. The first-order valence-corrected chi connectivity index (χ1v) is 7.36. The van der Waals surface area contributed by atoms with Crippen LogP contribution in [-0.4, -0.2) is 38.0 Å². The smallest absolute Gasteiger partial charge is 0.0814 e. The van der Waals surface area contributed by atoms with Gasteiger partial charge in [0.1, 0.15) is 0 Å². The minimum absolute atomic E-state index is 0.348. The van der Waals surface area contributed by atoms with Gasteiger partial charge in [-0.2, -0.15) is 0 Å². The summed E-state index contributed by atoms with van der Waals surface area (Å²) >= 11 is 0. The van der Waals surface area contributed by atoms with Gasteiger partial charge in [0.15, 0.2) is 0 Å². The van der Waals surface area contributed by atoms with Gasteiger partial charge in [-0.1, -0.05) is 26.2 Å². The third kappa shape index (κ3) is 4.57. The highest BCUT2D eigenvalue weighted by Gasteiger charge is 2.26. The van der Waals surface area contributed by atoms with Gasteiger partial charge in [-0.3, -0.25) is 0 Å². The fraction of sp³-hybridized carbons (Fsp3) is 1.00. The Bertz CT molecular complexity index is 204. The summed E-state index contributed by atoms with van der Waals surface area (Å²) in [6, 6.07) is 0. The molecule has 0 aromatic carbocycles. The van der Waals surface area contributed by atoms with E-state index < -0.39 is 0 Å². The second-order valence-electron chi connectivity index (χ2n) is 5.36. The van der Waals surface area contributed by atoms with E-state index in [0.717, 1.165) is 19.7 Å². The van der Waals surface area contributed by atoms with Crippen LogP contribution in [0.3, 0.4) is 0 Å². The van der Waals surface area contributed by atoms with E-state index in [9.17, 15) is 0 Å². The minimum Gasteiger partial charge on any atom is -0.376 e. The number of rotatable bonds is 6. The van der Waals surface area contributed by atoms with Gasteiger partial charge in [0.2, 0.25) is 0 Å². The largest absolute Gasteiger partial charge is 0.376 e. The maximum atomic E-state index is 5.97. The normalized spacial score (nSPS) is 30.9. The molecule has 1 aliphatic carbocycles. The molecule has 1 heterocycles. The Labute approximate surface area is 105 Å². The van der Waals surface area contributed by atoms with Crippen LogP contribution in [0.2, 0.25) is 0 Å². The zero-order chi connectivity index (χ0) is 11.9. The summed E-state index contributed by atoms with van der Waals surface area (Å²) < 4.78 is 11.9. The highest BCUT2D eigenvalue weighted by molar-refractivity contribution is 4.76. The molecule has 2 atom stereocenters. The van der Waals surface area contributed by atoms with Gasteiger partial charge in [0.05, 0.1) is 24.9 Å². The second-order valence-corrected chi connectivity index (χ2v) is 5.36. The highest BCUT2D eigenvalue weighted by Crippen LogP contribution is 2.23. The fourth-order valence-corrected chi connectivity index (χ4v) is 2.83. The van der Waals surface area contributed by atoms with Gasteiger partial charge in [0.25, 0.3) is 0 Å². The molecular weight excluding hydrogens is 214 g/mol. The first-order chi connectivity index (χ1) is 8.38. The molecule has 3 nitrogen and oxygen atoms in total. The van der Waals surface area contributed by atoms with E-state index in [1.165, 1.54) is 44.9 Å². The molecule has 2 aliphatic rings. The third-order valence-corrected chi connectivity index (χ3v) is 3.89. The van der Waals surface area contributed by atoms with Crippen molar-refractivity contribution in [3.8, 4) is 0 Å². The summed E-state index contributed by atoms with van der Waals surface area (Å²) in [6.07, 6.45) is 10.2. The maximum absolute atomic E-state index is 5.97. The number of nitrogens with one attached hydrogen (secondary N) is 1. The maximum Gasteiger partial charge on any atom is 0.0814 e. The van der Waals surface area contributed by atoms with Crippen molar-refractivity contribution in [1.82, 2.24) is 5.32 Å². The van der Waals surface area contributed by atoms with Crippen LogP contribution < -0.4 is 5.32 Å². The number of ether oxygens (including phenoxy) is 2. The van der Waals surface area contributed by atoms with Crippen molar-refractivity contribution in [3.05, 3.63) is 0 Å². The van der Waals surface area contributed by atoms with Gasteiger partial charge >= 0.3 is 0 Å². The third-order valence-electron chi connectivity index (χ3n) is 3.89. The Kier molecular flexibility index (Phi) is 5.75. The molecule has 0 aromatic rings. The topological polar surface area (TPSA) is 30.5 Å². The fourth-order valence-electron chi connectivity index (χ4n) is 2.83. The Balaban J connectivity index is 1.57. The molecule has 0 spiro atoms. The molecule has 2 unspecified atom stereocenters. The van der Waals surface area contributed by atoms with Crippen molar-refractivity contribution in [3.63, 3.8) is 0 Å². The van der Waals surface area contributed by atoms with Gasteiger partial charge < -0.3 is 14.8 Å². The molecular formula is C14H27NO2. The van der Waals surface area contributed by atoms with Crippen molar-refractivity contribution >= 4 is 0 Å². The van der Waals surface area contributed by atoms with Crippen molar-refractivity contribution < 1.29 is 9.47 Å². The number of likely N-dealkylation sites (N-methyl/N-ethyl adjacent to an activating group) is 1. The van der Waals surface area contributed by atoms with E-state index in [0.29, 0.717) is 18.3 Å². The molecule has 100 valence electrons. The summed E-state index contributed by atoms with van der Waals surface area (Å²) in [4.78, 5) is 0. The molecule has 0 bridgehead atoms. The highest BCUT2D eigenvalue weighted by atomic mass is 16.5. The Hall–Kier alpha value is -0.120. The Morgan fingerprint density at radius 1 is 1.06 bits per heavy atom. The van der Waals surface area contributed by atoms with E-state index in [1.807, 2.05) is 0 Å². The molecule has 2 fully saturated rings. The van der Waals surface area contributed by atoms with E-state index >= 15 is 0 Å². The summed E-state index contributed by atoms with van der Waals surface area (Å²) in [6.45, 7) is 4.98.